The van der Waals surface area contributed by atoms with Crippen LogP contribution in [0.2, 0.25) is 0 Å². The molecule has 3 amide bonds. The molecule has 8 heteroatoms. The molecule has 6 nitrogen and oxygen atoms in total. The van der Waals surface area contributed by atoms with Crippen molar-refractivity contribution in [3.8, 4) is 0 Å². The van der Waals surface area contributed by atoms with Gasteiger partial charge in [-0.15, -0.1) is 11.3 Å². The summed E-state index contributed by atoms with van der Waals surface area (Å²) in [6.07, 6.45) is 1.94. The van der Waals surface area contributed by atoms with Gasteiger partial charge in [0.05, 0.1) is 4.88 Å². The van der Waals surface area contributed by atoms with Crippen molar-refractivity contribution in [2.24, 2.45) is 5.92 Å². The van der Waals surface area contributed by atoms with E-state index in [-0.39, 0.29) is 29.7 Å². The van der Waals surface area contributed by atoms with Crippen molar-refractivity contribution < 1.29 is 18.8 Å². The first-order valence-corrected chi connectivity index (χ1v) is 11.5. The Morgan fingerprint density at radius 1 is 1.16 bits per heavy atom. The summed E-state index contributed by atoms with van der Waals surface area (Å²) in [5.74, 6) is -1.23. The lowest BCUT2D eigenvalue weighted by Crippen LogP contribution is -2.55. The van der Waals surface area contributed by atoms with Crippen molar-refractivity contribution in [1.29, 1.82) is 0 Å². The number of thiophene rings is 1. The molecule has 166 valence electrons. The van der Waals surface area contributed by atoms with Gasteiger partial charge < -0.3 is 15.5 Å². The van der Waals surface area contributed by atoms with Crippen LogP contribution in [-0.2, 0) is 4.79 Å². The molecule has 0 spiro atoms. The van der Waals surface area contributed by atoms with Crippen LogP contribution in [0.3, 0.4) is 0 Å². The normalized spacial score (nSPS) is 16.4. The third kappa shape index (κ3) is 5.91. The highest BCUT2D eigenvalue weighted by Crippen LogP contribution is 2.23. The minimum Gasteiger partial charge on any atom is -0.352 e. The molecule has 2 aromatic rings. The molecule has 0 bridgehead atoms. The molecular weight excluding hydrogens is 417 g/mol. The summed E-state index contributed by atoms with van der Waals surface area (Å²) in [5.41, 5.74) is 0.315. The van der Waals surface area contributed by atoms with Gasteiger partial charge in [0.1, 0.15) is 11.9 Å². The smallest absolute Gasteiger partial charge is 0.262 e. The second-order valence-corrected chi connectivity index (χ2v) is 8.83. The highest BCUT2D eigenvalue weighted by molar-refractivity contribution is 7.12. The Bertz CT molecular complexity index is 911. The van der Waals surface area contributed by atoms with Gasteiger partial charge in [-0.05, 0) is 61.7 Å². The van der Waals surface area contributed by atoms with Crippen LogP contribution in [0, 0.1) is 11.7 Å². The zero-order valence-corrected chi connectivity index (χ0v) is 18.6. The fourth-order valence-corrected chi connectivity index (χ4v) is 4.32. The number of amides is 3. The molecule has 1 aromatic carbocycles. The summed E-state index contributed by atoms with van der Waals surface area (Å²) >= 11 is 1.33. The molecule has 2 heterocycles. The van der Waals surface area contributed by atoms with Crippen molar-refractivity contribution in [2.45, 2.75) is 45.2 Å². The average Bonchev–Trinajstić information content (AvgIpc) is 3.32. The average molecular weight is 446 g/mol. The van der Waals surface area contributed by atoms with Gasteiger partial charge in [0.15, 0.2) is 0 Å². The largest absolute Gasteiger partial charge is 0.352 e. The molecule has 0 unspecified atom stereocenters. The molecule has 31 heavy (non-hydrogen) atoms. The van der Waals surface area contributed by atoms with E-state index in [9.17, 15) is 18.8 Å². The maximum atomic E-state index is 13.5. The van der Waals surface area contributed by atoms with Crippen LogP contribution in [0.25, 0.3) is 0 Å². The zero-order valence-electron chi connectivity index (χ0n) is 17.8. The molecule has 1 aromatic heterocycles. The number of hydrogen-bond acceptors (Lipinski definition) is 4. The minimum atomic E-state index is -0.671. The summed E-state index contributed by atoms with van der Waals surface area (Å²) in [6.45, 7) is 4.81. The number of hydrogen-bond donors (Lipinski definition) is 2. The van der Waals surface area contributed by atoms with E-state index in [4.69, 9.17) is 0 Å². The number of benzene rings is 1. The molecule has 0 saturated carbocycles. The number of carbonyl (C=O) groups is 3. The van der Waals surface area contributed by atoms with Gasteiger partial charge in [-0.3, -0.25) is 14.4 Å². The first-order chi connectivity index (χ1) is 14.9. The number of likely N-dealkylation sites (tertiary alicyclic amines) is 1. The van der Waals surface area contributed by atoms with E-state index in [1.807, 2.05) is 19.2 Å². The van der Waals surface area contributed by atoms with Crippen molar-refractivity contribution in [3.05, 3.63) is 58.0 Å². The lowest BCUT2D eigenvalue weighted by atomic mass is 9.88. The van der Waals surface area contributed by atoms with Crippen LogP contribution in [0.4, 0.5) is 4.39 Å². The Morgan fingerprint density at radius 2 is 1.90 bits per heavy atom. The SMILES string of the molecule is CC[C@H](C)NC(=O)[C@H](NC(=O)c1cccs1)C1CCN(C(=O)c2cccc(F)c2)CC1. The third-order valence-corrected chi connectivity index (χ3v) is 6.55. The van der Waals surface area contributed by atoms with Crippen molar-refractivity contribution in [3.63, 3.8) is 0 Å². The van der Waals surface area contributed by atoms with E-state index in [1.165, 1.54) is 29.5 Å². The van der Waals surface area contributed by atoms with E-state index in [0.717, 1.165) is 6.42 Å². The summed E-state index contributed by atoms with van der Waals surface area (Å²) < 4.78 is 13.5. The third-order valence-electron chi connectivity index (χ3n) is 5.68. The van der Waals surface area contributed by atoms with Crippen LogP contribution in [0.15, 0.2) is 41.8 Å². The van der Waals surface area contributed by atoms with Crippen LogP contribution in [0.5, 0.6) is 0 Å². The Kier molecular flexibility index (Phi) is 7.79. The maximum absolute atomic E-state index is 13.5. The summed E-state index contributed by atoms with van der Waals surface area (Å²) in [6, 6.07) is 8.51. The predicted molar refractivity (Wildman–Crippen MR) is 118 cm³/mol. The molecule has 1 aliphatic heterocycles. The fraction of sp³-hybridized carbons (Fsp3) is 0.435. The fourth-order valence-electron chi connectivity index (χ4n) is 3.69. The lowest BCUT2D eigenvalue weighted by molar-refractivity contribution is -0.125. The minimum absolute atomic E-state index is 0.00304. The van der Waals surface area contributed by atoms with Crippen LogP contribution in [-0.4, -0.2) is 47.8 Å². The van der Waals surface area contributed by atoms with E-state index >= 15 is 0 Å². The number of piperidine rings is 1. The zero-order chi connectivity index (χ0) is 22.4. The molecule has 1 aliphatic rings. The molecule has 2 N–H and O–H groups in total. The molecular formula is C23H28FN3O3S. The van der Waals surface area contributed by atoms with Gasteiger partial charge in [-0.1, -0.05) is 19.1 Å². The van der Waals surface area contributed by atoms with Gasteiger partial charge >= 0.3 is 0 Å². The number of halogens is 1. The molecule has 1 fully saturated rings. The van der Waals surface area contributed by atoms with Crippen molar-refractivity contribution >= 4 is 29.1 Å². The van der Waals surface area contributed by atoms with Crippen LogP contribution < -0.4 is 10.6 Å². The quantitative estimate of drug-likeness (QED) is 0.685. The van der Waals surface area contributed by atoms with Gasteiger partial charge in [0, 0.05) is 24.7 Å². The van der Waals surface area contributed by atoms with E-state index in [2.05, 4.69) is 10.6 Å². The lowest BCUT2D eigenvalue weighted by Gasteiger charge is -2.36. The predicted octanol–water partition coefficient (Wildman–Crippen LogP) is 3.45. The summed E-state index contributed by atoms with van der Waals surface area (Å²) in [7, 11) is 0. The standard InChI is InChI=1S/C23H28FN3O3S/c1-3-15(2)25-22(29)20(26-21(28)19-8-5-13-31-19)16-9-11-27(12-10-16)23(30)17-6-4-7-18(24)14-17/h4-8,13-16,20H,3,9-12H2,1-2H3,(H,25,29)(H,26,28)/t15-,20+/m0/s1. The topological polar surface area (TPSA) is 78.5 Å². The first-order valence-electron chi connectivity index (χ1n) is 10.6. The maximum Gasteiger partial charge on any atom is 0.262 e. The van der Waals surface area contributed by atoms with Gasteiger partial charge in [0.25, 0.3) is 11.8 Å². The van der Waals surface area contributed by atoms with Crippen molar-refractivity contribution in [1.82, 2.24) is 15.5 Å². The number of carbonyl (C=O) groups excluding carboxylic acids is 3. The Hall–Kier alpha value is -2.74. The second kappa shape index (κ2) is 10.5. The molecule has 0 radical (unpaired) electrons. The molecule has 2 atom stereocenters. The van der Waals surface area contributed by atoms with E-state index < -0.39 is 11.9 Å². The highest BCUT2D eigenvalue weighted by atomic mass is 32.1. The van der Waals surface area contributed by atoms with E-state index in [1.54, 1.807) is 23.1 Å². The van der Waals surface area contributed by atoms with Crippen molar-refractivity contribution in [2.75, 3.05) is 13.1 Å². The van der Waals surface area contributed by atoms with Gasteiger partial charge in [-0.25, -0.2) is 4.39 Å². The number of nitrogens with zero attached hydrogens (tertiary/aromatic N) is 1. The monoisotopic (exact) mass is 445 g/mol. The second-order valence-electron chi connectivity index (χ2n) is 7.89. The summed E-state index contributed by atoms with van der Waals surface area (Å²) in [5, 5.41) is 7.70. The summed E-state index contributed by atoms with van der Waals surface area (Å²) in [4.78, 5) is 40.5. The Labute approximate surface area is 185 Å². The van der Waals surface area contributed by atoms with E-state index in [0.29, 0.717) is 36.4 Å². The van der Waals surface area contributed by atoms with Gasteiger partial charge in [0.2, 0.25) is 5.91 Å². The Morgan fingerprint density at radius 3 is 2.52 bits per heavy atom. The number of nitrogens with one attached hydrogen (secondary N) is 2. The highest BCUT2D eigenvalue weighted by Gasteiger charge is 2.34. The van der Waals surface area contributed by atoms with Gasteiger partial charge in [-0.2, -0.15) is 0 Å². The first kappa shape index (κ1) is 22.9. The van der Waals surface area contributed by atoms with Crippen LogP contribution >= 0.6 is 11.3 Å². The molecule has 0 aliphatic carbocycles. The number of rotatable bonds is 7. The Balaban J connectivity index is 1.67. The molecule has 3 rings (SSSR count). The molecule has 1 saturated heterocycles. The van der Waals surface area contributed by atoms with Crippen LogP contribution in [0.1, 0.15) is 53.1 Å².